The van der Waals surface area contributed by atoms with Crippen molar-refractivity contribution in [3.8, 4) is 0 Å². The minimum absolute atomic E-state index is 0.0407. The molecule has 1 aliphatic rings. The first-order valence-corrected chi connectivity index (χ1v) is 6.51. The molecule has 18 heavy (non-hydrogen) atoms. The van der Waals surface area contributed by atoms with Gasteiger partial charge in [0.05, 0.1) is 10.7 Å². The van der Waals surface area contributed by atoms with E-state index in [0.717, 1.165) is 31.6 Å². The number of rotatable bonds is 2. The molecule has 1 aliphatic heterocycles. The van der Waals surface area contributed by atoms with Crippen LogP contribution in [0.5, 0.6) is 0 Å². The van der Waals surface area contributed by atoms with E-state index in [-0.39, 0.29) is 11.9 Å². The van der Waals surface area contributed by atoms with Crippen LogP contribution in [0.3, 0.4) is 0 Å². The second-order valence-electron chi connectivity index (χ2n) is 4.67. The molecule has 0 bridgehead atoms. The SMILES string of the molecule is CC(=O)NC1CCN(c2ccc(N)cc2Cl)CC1. The van der Waals surface area contributed by atoms with Crippen LogP contribution in [0.25, 0.3) is 0 Å². The molecular weight excluding hydrogens is 250 g/mol. The van der Waals surface area contributed by atoms with E-state index < -0.39 is 0 Å². The number of amides is 1. The second kappa shape index (κ2) is 5.48. The van der Waals surface area contributed by atoms with Crippen molar-refractivity contribution >= 4 is 28.9 Å². The zero-order valence-electron chi connectivity index (χ0n) is 10.4. The maximum Gasteiger partial charge on any atom is 0.217 e. The van der Waals surface area contributed by atoms with Crippen molar-refractivity contribution < 1.29 is 4.79 Å². The molecule has 98 valence electrons. The van der Waals surface area contributed by atoms with E-state index in [1.165, 1.54) is 0 Å². The van der Waals surface area contributed by atoms with Gasteiger partial charge in [-0.25, -0.2) is 0 Å². The summed E-state index contributed by atoms with van der Waals surface area (Å²) in [6.45, 7) is 3.35. The van der Waals surface area contributed by atoms with Crippen molar-refractivity contribution in [1.29, 1.82) is 0 Å². The lowest BCUT2D eigenvalue weighted by Gasteiger charge is -2.34. The number of piperidine rings is 1. The summed E-state index contributed by atoms with van der Waals surface area (Å²) in [5.41, 5.74) is 7.38. The number of halogens is 1. The average Bonchev–Trinajstić information content (AvgIpc) is 2.30. The monoisotopic (exact) mass is 267 g/mol. The van der Waals surface area contributed by atoms with E-state index in [2.05, 4.69) is 10.2 Å². The molecule has 4 nitrogen and oxygen atoms in total. The third-order valence-electron chi connectivity index (χ3n) is 3.21. The zero-order chi connectivity index (χ0) is 13.1. The Morgan fingerprint density at radius 1 is 1.44 bits per heavy atom. The molecule has 1 aromatic carbocycles. The first-order valence-electron chi connectivity index (χ1n) is 6.13. The molecule has 1 saturated heterocycles. The molecule has 0 saturated carbocycles. The van der Waals surface area contributed by atoms with Crippen molar-refractivity contribution in [2.24, 2.45) is 0 Å². The lowest BCUT2D eigenvalue weighted by Crippen LogP contribution is -2.44. The Kier molecular flexibility index (Phi) is 3.97. The van der Waals surface area contributed by atoms with Crippen molar-refractivity contribution in [3.63, 3.8) is 0 Å². The molecule has 1 amide bonds. The van der Waals surface area contributed by atoms with Crippen LogP contribution in [-0.4, -0.2) is 25.0 Å². The van der Waals surface area contributed by atoms with E-state index in [0.29, 0.717) is 10.7 Å². The molecular formula is C13H18ClN3O. The van der Waals surface area contributed by atoms with E-state index >= 15 is 0 Å². The Morgan fingerprint density at radius 2 is 2.11 bits per heavy atom. The topological polar surface area (TPSA) is 58.4 Å². The lowest BCUT2D eigenvalue weighted by atomic mass is 10.0. The maximum absolute atomic E-state index is 11.0. The number of benzene rings is 1. The molecule has 2 rings (SSSR count). The lowest BCUT2D eigenvalue weighted by molar-refractivity contribution is -0.119. The number of anilines is 2. The van der Waals surface area contributed by atoms with Crippen molar-refractivity contribution in [2.75, 3.05) is 23.7 Å². The molecule has 5 heteroatoms. The molecule has 1 aromatic rings. The first kappa shape index (κ1) is 13.0. The number of nitrogen functional groups attached to an aromatic ring is 1. The van der Waals surface area contributed by atoms with Gasteiger partial charge in [0, 0.05) is 31.7 Å². The van der Waals surface area contributed by atoms with Crippen LogP contribution in [0.1, 0.15) is 19.8 Å². The van der Waals surface area contributed by atoms with E-state index in [1.807, 2.05) is 12.1 Å². The fourth-order valence-corrected chi connectivity index (χ4v) is 2.64. The van der Waals surface area contributed by atoms with E-state index in [9.17, 15) is 4.79 Å². The number of carbonyl (C=O) groups excluding carboxylic acids is 1. The number of nitrogens with zero attached hydrogens (tertiary/aromatic N) is 1. The minimum Gasteiger partial charge on any atom is -0.399 e. The molecule has 0 atom stereocenters. The fraction of sp³-hybridized carbons (Fsp3) is 0.462. The van der Waals surface area contributed by atoms with Gasteiger partial charge in [0.2, 0.25) is 5.91 Å². The molecule has 0 unspecified atom stereocenters. The predicted octanol–water partition coefficient (Wildman–Crippen LogP) is 2.03. The highest BCUT2D eigenvalue weighted by molar-refractivity contribution is 6.33. The third kappa shape index (κ3) is 3.07. The Hall–Kier alpha value is -1.42. The molecule has 0 radical (unpaired) electrons. The van der Waals surface area contributed by atoms with Gasteiger partial charge < -0.3 is 16.0 Å². The van der Waals surface area contributed by atoms with Crippen LogP contribution in [0, 0.1) is 0 Å². The summed E-state index contributed by atoms with van der Waals surface area (Å²) in [5, 5.41) is 3.65. The van der Waals surface area contributed by atoms with Crippen molar-refractivity contribution in [3.05, 3.63) is 23.2 Å². The van der Waals surface area contributed by atoms with Crippen LogP contribution >= 0.6 is 11.6 Å². The number of nitrogens with one attached hydrogen (secondary N) is 1. The van der Waals surface area contributed by atoms with Gasteiger partial charge in [-0.3, -0.25) is 4.79 Å². The van der Waals surface area contributed by atoms with E-state index in [4.69, 9.17) is 17.3 Å². The zero-order valence-corrected chi connectivity index (χ0v) is 11.2. The maximum atomic E-state index is 11.0. The Balaban J connectivity index is 1.99. The molecule has 3 N–H and O–H groups in total. The van der Waals surface area contributed by atoms with Gasteiger partial charge in [0.25, 0.3) is 0 Å². The van der Waals surface area contributed by atoms with E-state index in [1.54, 1.807) is 13.0 Å². The fourth-order valence-electron chi connectivity index (χ4n) is 2.33. The molecule has 1 fully saturated rings. The number of nitrogens with two attached hydrogens (primary N) is 1. The van der Waals surface area contributed by atoms with Crippen LogP contribution in [0.4, 0.5) is 11.4 Å². The van der Waals surface area contributed by atoms with Gasteiger partial charge in [-0.15, -0.1) is 0 Å². The van der Waals surface area contributed by atoms with Gasteiger partial charge in [0.15, 0.2) is 0 Å². The standard InChI is InChI=1S/C13H18ClN3O/c1-9(18)16-11-4-6-17(7-5-11)13-3-2-10(15)8-12(13)14/h2-3,8,11H,4-7,15H2,1H3,(H,16,18). The summed E-state index contributed by atoms with van der Waals surface area (Å²) >= 11 is 6.19. The highest BCUT2D eigenvalue weighted by Gasteiger charge is 2.21. The quantitative estimate of drug-likeness (QED) is 0.806. The van der Waals surface area contributed by atoms with Gasteiger partial charge in [-0.2, -0.15) is 0 Å². The Labute approximate surface area is 112 Å². The highest BCUT2D eigenvalue weighted by atomic mass is 35.5. The van der Waals surface area contributed by atoms with Crippen LogP contribution in [0.15, 0.2) is 18.2 Å². The highest BCUT2D eigenvalue weighted by Crippen LogP contribution is 2.29. The van der Waals surface area contributed by atoms with Gasteiger partial charge >= 0.3 is 0 Å². The molecule has 0 aromatic heterocycles. The normalized spacial score (nSPS) is 16.7. The molecule has 1 heterocycles. The second-order valence-corrected chi connectivity index (χ2v) is 5.08. The summed E-state index contributed by atoms with van der Waals surface area (Å²) in [6.07, 6.45) is 1.89. The van der Waals surface area contributed by atoms with Gasteiger partial charge in [-0.05, 0) is 31.0 Å². The third-order valence-corrected chi connectivity index (χ3v) is 3.52. The number of carbonyl (C=O) groups is 1. The summed E-state index contributed by atoms with van der Waals surface area (Å²) in [5.74, 6) is 0.0407. The van der Waals surface area contributed by atoms with Crippen LogP contribution in [0.2, 0.25) is 5.02 Å². The van der Waals surface area contributed by atoms with Gasteiger partial charge in [-0.1, -0.05) is 11.6 Å². The summed E-state index contributed by atoms with van der Waals surface area (Å²) in [6, 6.07) is 5.88. The van der Waals surface area contributed by atoms with Crippen LogP contribution in [-0.2, 0) is 4.79 Å². The smallest absolute Gasteiger partial charge is 0.217 e. The first-order chi connectivity index (χ1) is 8.56. The van der Waals surface area contributed by atoms with Crippen LogP contribution < -0.4 is 16.0 Å². The van der Waals surface area contributed by atoms with Gasteiger partial charge in [0.1, 0.15) is 0 Å². The molecule has 0 spiro atoms. The summed E-state index contributed by atoms with van der Waals surface area (Å²) in [4.78, 5) is 13.2. The number of hydrogen-bond acceptors (Lipinski definition) is 3. The minimum atomic E-state index is 0.0407. The van der Waals surface area contributed by atoms with Crippen molar-refractivity contribution in [2.45, 2.75) is 25.8 Å². The number of hydrogen-bond donors (Lipinski definition) is 2. The summed E-state index contributed by atoms with van der Waals surface area (Å²) in [7, 11) is 0. The average molecular weight is 268 g/mol. The predicted molar refractivity (Wildman–Crippen MR) is 74.9 cm³/mol. The van der Waals surface area contributed by atoms with Crippen molar-refractivity contribution in [1.82, 2.24) is 5.32 Å². The Bertz CT molecular complexity index is 442. The Morgan fingerprint density at radius 3 is 2.67 bits per heavy atom. The molecule has 0 aliphatic carbocycles. The largest absolute Gasteiger partial charge is 0.399 e. The summed E-state index contributed by atoms with van der Waals surface area (Å²) < 4.78 is 0.